The fourth-order valence-corrected chi connectivity index (χ4v) is 5.44. The van der Waals surface area contributed by atoms with Crippen molar-refractivity contribution in [3.63, 3.8) is 0 Å². The summed E-state index contributed by atoms with van der Waals surface area (Å²) in [7, 11) is 3.23. The van der Waals surface area contributed by atoms with E-state index in [0.717, 1.165) is 33.8 Å². The Morgan fingerprint density at radius 1 is 0.848 bits per heavy atom. The van der Waals surface area contributed by atoms with Crippen LogP contribution in [0.15, 0.2) is 91.0 Å². The average Bonchev–Trinajstić information content (AvgIpc) is 3.06. The van der Waals surface area contributed by atoms with E-state index in [1.54, 1.807) is 31.3 Å². The number of ether oxygens (including phenoxy) is 6. The fraction of sp³-hybridized carbons (Fsp3) is 0.324. The Labute approximate surface area is 269 Å². The Balaban J connectivity index is 1.41. The minimum Gasteiger partial charge on any atom is -0.497 e. The molecule has 0 saturated carbocycles. The predicted octanol–water partition coefficient (Wildman–Crippen LogP) is 8.02. The minimum absolute atomic E-state index is 0.0899. The molecule has 5 rings (SSSR count). The first kappa shape index (κ1) is 32.8. The van der Waals surface area contributed by atoms with E-state index in [1.165, 1.54) is 12.1 Å². The number of fused-ring (bicyclic) bond motifs is 1. The van der Waals surface area contributed by atoms with Gasteiger partial charge in [-0.25, -0.2) is 9.18 Å². The van der Waals surface area contributed by atoms with E-state index in [0.29, 0.717) is 18.0 Å². The van der Waals surface area contributed by atoms with Gasteiger partial charge in [0.25, 0.3) is 0 Å². The van der Waals surface area contributed by atoms with Gasteiger partial charge >= 0.3 is 6.09 Å². The number of amides is 1. The van der Waals surface area contributed by atoms with Gasteiger partial charge in [-0.05, 0) is 92.1 Å². The normalized spacial score (nSPS) is 16.6. The summed E-state index contributed by atoms with van der Waals surface area (Å²) in [5.41, 5.74) is 3.15. The maximum atomic E-state index is 13.7. The molecule has 0 spiro atoms. The third kappa shape index (κ3) is 7.78. The van der Waals surface area contributed by atoms with Crippen LogP contribution < -0.4 is 19.1 Å². The van der Waals surface area contributed by atoms with Gasteiger partial charge in [0.2, 0.25) is 0 Å². The second-order valence-electron chi connectivity index (χ2n) is 11.5. The molecule has 1 aliphatic rings. The van der Waals surface area contributed by atoms with Crippen molar-refractivity contribution in [2.75, 3.05) is 25.7 Å². The van der Waals surface area contributed by atoms with Crippen molar-refractivity contribution in [1.29, 1.82) is 0 Å². The summed E-state index contributed by atoms with van der Waals surface area (Å²) < 4.78 is 48.9. The molecule has 2 unspecified atom stereocenters. The Morgan fingerprint density at radius 3 is 2.13 bits per heavy atom. The Kier molecular flexibility index (Phi) is 10.4. The molecule has 1 aliphatic heterocycles. The molecule has 4 aromatic carbocycles. The van der Waals surface area contributed by atoms with Crippen LogP contribution >= 0.6 is 0 Å². The molecule has 1 heterocycles. The number of rotatable bonds is 12. The zero-order chi connectivity index (χ0) is 32.7. The summed E-state index contributed by atoms with van der Waals surface area (Å²) >= 11 is 0. The van der Waals surface area contributed by atoms with Gasteiger partial charge in [-0.15, -0.1) is 0 Å². The average molecular weight is 630 g/mol. The van der Waals surface area contributed by atoms with Crippen LogP contribution in [-0.4, -0.2) is 38.6 Å². The van der Waals surface area contributed by atoms with Crippen molar-refractivity contribution < 1.29 is 37.6 Å². The number of benzene rings is 4. The summed E-state index contributed by atoms with van der Waals surface area (Å²) in [6, 6.07) is 26.7. The highest BCUT2D eigenvalue weighted by Gasteiger charge is 2.45. The molecule has 0 N–H and O–H groups in total. The van der Waals surface area contributed by atoms with Crippen molar-refractivity contribution in [2.24, 2.45) is 0 Å². The summed E-state index contributed by atoms with van der Waals surface area (Å²) in [6.45, 7) is 6.97. The second-order valence-corrected chi connectivity index (χ2v) is 11.5. The Hall–Kier alpha value is -4.60. The molecule has 0 aromatic heterocycles. The van der Waals surface area contributed by atoms with Crippen LogP contribution in [0.25, 0.3) is 0 Å². The number of nitrogens with zero attached hydrogens (tertiary/aromatic N) is 1. The Morgan fingerprint density at radius 2 is 1.48 bits per heavy atom. The monoisotopic (exact) mass is 629 g/mol. The van der Waals surface area contributed by atoms with E-state index in [9.17, 15) is 9.18 Å². The summed E-state index contributed by atoms with van der Waals surface area (Å²) in [5, 5.41) is 0. The highest BCUT2D eigenvalue weighted by molar-refractivity contribution is 5.88. The van der Waals surface area contributed by atoms with Crippen molar-refractivity contribution in [3.8, 4) is 17.2 Å². The maximum Gasteiger partial charge on any atom is 0.414 e. The molecule has 0 fully saturated rings. The number of anilines is 1. The van der Waals surface area contributed by atoms with Crippen molar-refractivity contribution in [1.82, 2.24) is 0 Å². The number of hydrogen-bond acceptors (Lipinski definition) is 7. The van der Waals surface area contributed by atoms with Crippen molar-refractivity contribution in [2.45, 2.75) is 58.3 Å². The van der Waals surface area contributed by atoms with Gasteiger partial charge in [0.1, 0.15) is 47.5 Å². The molecule has 8 nitrogen and oxygen atoms in total. The zero-order valence-electron chi connectivity index (χ0n) is 26.8. The van der Waals surface area contributed by atoms with Gasteiger partial charge in [-0.1, -0.05) is 36.4 Å². The van der Waals surface area contributed by atoms with Gasteiger partial charge in [0, 0.05) is 18.4 Å². The van der Waals surface area contributed by atoms with Crippen LogP contribution in [0.3, 0.4) is 0 Å². The molecule has 0 bridgehead atoms. The molecular weight excluding hydrogens is 589 g/mol. The number of carbonyl (C=O) groups excluding carboxylic acids is 1. The minimum atomic E-state index is -0.741. The van der Waals surface area contributed by atoms with E-state index >= 15 is 0 Å². The van der Waals surface area contributed by atoms with E-state index in [4.69, 9.17) is 28.4 Å². The van der Waals surface area contributed by atoms with Crippen LogP contribution in [0.4, 0.5) is 14.9 Å². The van der Waals surface area contributed by atoms with E-state index < -0.39 is 23.9 Å². The number of halogens is 1. The lowest BCUT2D eigenvalue weighted by Crippen LogP contribution is -2.50. The lowest BCUT2D eigenvalue weighted by molar-refractivity contribution is -0.159. The summed E-state index contributed by atoms with van der Waals surface area (Å²) in [6.07, 6.45) is -1.53. The van der Waals surface area contributed by atoms with Gasteiger partial charge in [-0.3, -0.25) is 4.90 Å². The van der Waals surface area contributed by atoms with E-state index in [2.05, 4.69) is 0 Å². The quantitative estimate of drug-likeness (QED) is 0.157. The second kappa shape index (κ2) is 14.7. The van der Waals surface area contributed by atoms with Crippen molar-refractivity contribution >= 4 is 11.8 Å². The first-order valence-corrected chi connectivity index (χ1v) is 15.2. The third-order valence-corrected chi connectivity index (χ3v) is 7.86. The van der Waals surface area contributed by atoms with Crippen LogP contribution in [0, 0.1) is 5.82 Å². The number of carbonyl (C=O) groups is 1. The SMILES string of the molecule is CCOc1ccc(COC(=O)N(Cc2ccc(OC)cc2)c2ccc3c(c2)C(OC)C(OCc2ccc(F)cc2)C(C)(C)O3)cc1. The molecule has 2 atom stereocenters. The Bertz CT molecular complexity index is 1590. The fourth-order valence-electron chi connectivity index (χ4n) is 5.44. The molecule has 242 valence electrons. The van der Waals surface area contributed by atoms with E-state index in [1.807, 2.05) is 87.5 Å². The van der Waals surface area contributed by atoms with E-state index in [-0.39, 0.29) is 25.6 Å². The first-order chi connectivity index (χ1) is 22.2. The number of methoxy groups -OCH3 is 2. The first-order valence-electron chi connectivity index (χ1n) is 15.2. The van der Waals surface area contributed by atoms with Crippen molar-refractivity contribution in [3.05, 3.63) is 119 Å². The van der Waals surface area contributed by atoms with Gasteiger partial charge in [-0.2, -0.15) is 0 Å². The molecule has 4 aromatic rings. The zero-order valence-corrected chi connectivity index (χ0v) is 26.8. The largest absolute Gasteiger partial charge is 0.497 e. The van der Waals surface area contributed by atoms with Crippen LogP contribution in [0.5, 0.6) is 17.2 Å². The molecule has 0 radical (unpaired) electrons. The van der Waals surface area contributed by atoms with Crippen LogP contribution in [-0.2, 0) is 34.0 Å². The highest BCUT2D eigenvalue weighted by atomic mass is 19.1. The van der Waals surface area contributed by atoms with Crippen LogP contribution in [0.1, 0.15) is 49.1 Å². The summed E-state index contributed by atoms with van der Waals surface area (Å²) in [5.74, 6) is 1.80. The molecule has 0 saturated heterocycles. The molecule has 9 heteroatoms. The smallest absolute Gasteiger partial charge is 0.414 e. The molecule has 46 heavy (non-hydrogen) atoms. The highest BCUT2D eigenvalue weighted by Crippen LogP contribution is 2.45. The standard InChI is InChI=1S/C37H40FNO7/c1-6-43-31-18-11-27(12-19-31)24-45-36(40)39(22-25-9-16-30(41-4)17-10-25)29-15-20-33-32(21-29)34(42-5)35(37(2,3)46-33)44-23-26-7-13-28(38)14-8-26/h7-21,34-35H,6,22-24H2,1-5H3. The van der Waals surface area contributed by atoms with Gasteiger partial charge < -0.3 is 28.4 Å². The molecule has 0 aliphatic carbocycles. The van der Waals surface area contributed by atoms with Gasteiger partial charge in [0.05, 0.1) is 26.9 Å². The van der Waals surface area contributed by atoms with Gasteiger partial charge in [0.15, 0.2) is 0 Å². The van der Waals surface area contributed by atoms with Crippen LogP contribution in [0.2, 0.25) is 0 Å². The topological polar surface area (TPSA) is 75.7 Å². The molecule has 1 amide bonds. The lowest BCUT2D eigenvalue weighted by Gasteiger charge is -2.44. The summed E-state index contributed by atoms with van der Waals surface area (Å²) in [4.78, 5) is 15.3. The number of hydrogen-bond donors (Lipinski definition) is 0. The third-order valence-electron chi connectivity index (χ3n) is 7.86. The lowest BCUT2D eigenvalue weighted by atomic mass is 9.87. The maximum absolute atomic E-state index is 13.7. The predicted molar refractivity (Wildman–Crippen MR) is 173 cm³/mol. The molecular formula is C37H40FNO7.